The third kappa shape index (κ3) is 4.50. The van der Waals surface area contributed by atoms with E-state index in [9.17, 15) is 9.59 Å². The number of esters is 1. The number of para-hydroxylation sites is 1. The van der Waals surface area contributed by atoms with Gasteiger partial charge >= 0.3 is 5.97 Å². The highest BCUT2D eigenvalue weighted by atomic mass is 16.5. The van der Waals surface area contributed by atoms with Crippen molar-refractivity contribution in [3.8, 4) is 5.75 Å². The van der Waals surface area contributed by atoms with E-state index in [4.69, 9.17) is 13.9 Å². The molecule has 1 aromatic heterocycles. The fraction of sp³-hybridized carbons (Fsp3) is 0.333. The SMILES string of the molecule is CCOc1ccc2oc(C(=O)OCC(=O)N3CCN(c4ccccc4)CC3)c(C)c2c1. The van der Waals surface area contributed by atoms with Crippen LogP contribution in [0.15, 0.2) is 52.9 Å². The predicted molar refractivity (Wildman–Crippen MR) is 118 cm³/mol. The monoisotopic (exact) mass is 422 g/mol. The zero-order valence-corrected chi connectivity index (χ0v) is 17.8. The molecule has 0 spiro atoms. The molecule has 0 radical (unpaired) electrons. The van der Waals surface area contributed by atoms with Crippen molar-refractivity contribution in [1.29, 1.82) is 0 Å². The van der Waals surface area contributed by atoms with Crippen LogP contribution in [0.2, 0.25) is 0 Å². The molecule has 3 aromatic rings. The minimum absolute atomic E-state index is 0.116. The zero-order valence-electron chi connectivity index (χ0n) is 17.8. The van der Waals surface area contributed by atoms with Crippen molar-refractivity contribution < 1.29 is 23.5 Å². The Morgan fingerprint density at radius 1 is 1.03 bits per heavy atom. The molecule has 0 bridgehead atoms. The minimum Gasteiger partial charge on any atom is -0.494 e. The standard InChI is InChI=1S/C24H26N2O5/c1-3-29-19-9-10-21-20(15-19)17(2)23(31-21)24(28)30-16-22(27)26-13-11-25(12-14-26)18-7-5-4-6-8-18/h4-10,15H,3,11-14,16H2,1-2H3. The molecule has 1 aliphatic heterocycles. The van der Waals surface area contributed by atoms with Gasteiger partial charge in [-0.1, -0.05) is 18.2 Å². The lowest BCUT2D eigenvalue weighted by Gasteiger charge is -2.36. The van der Waals surface area contributed by atoms with E-state index in [0.717, 1.165) is 24.2 Å². The van der Waals surface area contributed by atoms with Crippen LogP contribution in [0.4, 0.5) is 5.69 Å². The highest BCUT2D eigenvalue weighted by Gasteiger charge is 2.24. The van der Waals surface area contributed by atoms with Crippen molar-refractivity contribution in [2.75, 3.05) is 44.3 Å². The van der Waals surface area contributed by atoms with Crippen LogP contribution in [0.25, 0.3) is 11.0 Å². The lowest BCUT2D eigenvalue weighted by molar-refractivity contribution is -0.134. The number of carbonyl (C=O) groups excluding carboxylic acids is 2. The van der Waals surface area contributed by atoms with Crippen LogP contribution in [0.5, 0.6) is 5.75 Å². The van der Waals surface area contributed by atoms with Gasteiger partial charge in [0.2, 0.25) is 5.76 Å². The third-order valence-corrected chi connectivity index (χ3v) is 5.48. The molecule has 7 nitrogen and oxygen atoms in total. The number of anilines is 1. The zero-order chi connectivity index (χ0) is 21.8. The van der Waals surface area contributed by atoms with Gasteiger partial charge in [-0.15, -0.1) is 0 Å². The van der Waals surface area contributed by atoms with E-state index in [1.807, 2.05) is 31.2 Å². The van der Waals surface area contributed by atoms with Gasteiger partial charge < -0.3 is 23.7 Å². The van der Waals surface area contributed by atoms with Crippen LogP contribution >= 0.6 is 0 Å². The molecule has 1 amide bonds. The number of benzene rings is 2. The van der Waals surface area contributed by atoms with Crippen LogP contribution < -0.4 is 9.64 Å². The van der Waals surface area contributed by atoms with Crippen LogP contribution in [0, 0.1) is 6.92 Å². The number of carbonyl (C=O) groups is 2. The molecular formula is C24H26N2O5. The second kappa shape index (κ2) is 9.12. The highest BCUT2D eigenvalue weighted by molar-refractivity contribution is 5.97. The smallest absolute Gasteiger partial charge is 0.375 e. The van der Waals surface area contributed by atoms with Gasteiger partial charge in [0, 0.05) is 42.8 Å². The third-order valence-electron chi connectivity index (χ3n) is 5.48. The van der Waals surface area contributed by atoms with E-state index in [0.29, 0.717) is 36.6 Å². The summed E-state index contributed by atoms with van der Waals surface area (Å²) in [5.41, 5.74) is 2.40. The summed E-state index contributed by atoms with van der Waals surface area (Å²) in [4.78, 5) is 29.0. The van der Waals surface area contributed by atoms with Crippen molar-refractivity contribution in [3.63, 3.8) is 0 Å². The van der Waals surface area contributed by atoms with Gasteiger partial charge in [0.05, 0.1) is 6.61 Å². The van der Waals surface area contributed by atoms with Crippen molar-refractivity contribution >= 4 is 28.5 Å². The summed E-state index contributed by atoms with van der Waals surface area (Å²) in [6.45, 7) is 6.63. The van der Waals surface area contributed by atoms with Crippen LogP contribution in [0.1, 0.15) is 23.0 Å². The Bertz CT molecular complexity index is 1070. The summed E-state index contributed by atoms with van der Waals surface area (Å²) >= 11 is 0. The molecule has 0 unspecified atom stereocenters. The van der Waals surface area contributed by atoms with Crippen LogP contribution in [-0.2, 0) is 9.53 Å². The van der Waals surface area contributed by atoms with Crippen LogP contribution in [0.3, 0.4) is 0 Å². The molecular weight excluding hydrogens is 396 g/mol. The topological polar surface area (TPSA) is 72.2 Å². The fourth-order valence-electron chi connectivity index (χ4n) is 3.79. The Balaban J connectivity index is 1.33. The van der Waals surface area contributed by atoms with Gasteiger partial charge in [-0.2, -0.15) is 0 Å². The van der Waals surface area contributed by atoms with Gasteiger partial charge in [-0.05, 0) is 44.2 Å². The average Bonchev–Trinajstić information content (AvgIpc) is 3.14. The van der Waals surface area contributed by atoms with Gasteiger partial charge in [0.25, 0.3) is 5.91 Å². The number of amides is 1. The summed E-state index contributed by atoms with van der Waals surface area (Å²) in [6.07, 6.45) is 0. The minimum atomic E-state index is -0.636. The molecule has 1 fully saturated rings. The summed E-state index contributed by atoms with van der Waals surface area (Å²) in [6, 6.07) is 15.5. The summed E-state index contributed by atoms with van der Waals surface area (Å²) in [5.74, 6) is -0.00891. The average molecular weight is 422 g/mol. The number of hydrogen-bond donors (Lipinski definition) is 0. The fourth-order valence-corrected chi connectivity index (χ4v) is 3.79. The molecule has 0 atom stereocenters. The quantitative estimate of drug-likeness (QED) is 0.565. The Morgan fingerprint density at radius 2 is 1.77 bits per heavy atom. The Hall–Kier alpha value is -3.48. The number of aryl methyl sites for hydroxylation is 1. The summed E-state index contributed by atoms with van der Waals surface area (Å²) in [5, 5.41) is 0.793. The van der Waals surface area contributed by atoms with E-state index < -0.39 is 5.97 Å². The van der Waals surface area contributed by atoms with Crippen LogP contribution in [-0.4, -0.2) is 56.2 Å². The lowest BCUT2D eigenvalue weighted by atomic mass is 10.1. The van der Waals surface area contributed by atoms with E-state index in [1.165, 1.54) is 0 Å². The van der Waals surface area contributed by atoms with E-state index in [1.54, 1.807) is 24.0 Å². The maximum Gasteiger partial charge on any atom is 0.375 e. The van der Waals surface area contributed by atoms with E-state index in [-0.39, 0.29) is 18.3 Å². The molecule has 0 saturated carbocycles. The number of rotatable bonds is 6. The lowest BCUT2D eigenvalue weighted by Crippen LogP contribution is -2.49. The first-order chi connectivity index (χ1) is 15.1. The Labute approximate surface area is 181 Å². The summed E-state index contributed by atoms with van der Waals surface area (Å²) in [7, 11) is 0. The first-order valence-corrected chi connectivity index (χ1v) is 10.5. The molecule has 7 heteroatoms. The normalized spacial score (nSPS) is 14.0. The largest absolute Gasteiger partial charge is 0.494 e. The molecule has 162 valence electrons. The predicted octanol–water partition coefficient (Wildman–Crippen LogP) is 3.65. The first kappa shape index (κ1) is 20.8. The van der Waals surface area contributed by atoms with Gasteiger partial charge in [-0.3, -0.25) is 4.79 Å². The summed E-state index contributed by atoms with van der Waals surface area (Å²) < 4.78 is 16.5. The molecule has 1 saturated heterocycles. The maximum atomic E-state index is 12.5. The molecule has 2 heterocycles. The number of fused-ring (bicyclic) bond motifs is 1. The van der Waals surface area contributed by atoms with Gasteiger partial charge in [0.15, 0.2) is 6.61 Å². The number of piperazine rings is 1. The molecule has 2 aromatic carbocycles. The number of nitrogens with zero attached hydrogens (tertiary/aromatic N) is 2. The van der Waals surface area contributed by atoms with Crippen molar-refractivity contribution in [2.24, 2.45) is 0 Å². The molecule has 31 heavy (non-hydrogen) atoms. The molecule has 0 N–H and O–H groups in total. The second-order valence-corrected chi connectivity index (χ2v) is 7.43. The van der Waals surface area contributed by atoms with Gasteiger partial charge in [-0.25, -0.2) is 4.79 Å². The number of ether oxygens (including phenoxy) is 2. The molecule has 4 rings (SSSR count). The molecule has 0 aliphatic carbocycles. The Kier molecular flexibility index (Phi) is 6.11. The van der Waals surface area contributed by atoms with Crippen molar-refractivity contribution in [3.05, 3.63) is 59.9 Å². The van der Waals surface area contributed by atoms with Crippen molar-refractivity contribution in [1.82, 2.24) is 4.90 Å². The maximum absolute atomic E-state index is 12.5. The first-order valence-electron chi connectivity index (χ1n) is 10.5. The second-order valence-electron chi connectivity index (χ2n) is 7.43. The van der Waals surface area contributed by atoms with E-state index in [2.05, 4.69) is 17.0 Å². The number of hydrogen-bond acceptors (Lipinski definition) is 6. The molecule has 1 aliphatic rings. The van der Waals surface area contributed by atoms with E-state index >= 15 is 0 Å². The van der Waals surface area contributed by atoms with Gasteiger partial charge in [0.1, 0.15) is 11.3 Å². The Morgan fingerprint density at radius 3 is 2.48 bits per heavy atom. The van der Waals surface area contributed by atoms with Crippen molar-refractivity contribution in [2.45, 2.75) is 13.8 Å². The highest BCUT2D eigenvalue weighted by Crippen LogP contribution is 2.29. The number of furan rings is 1.